The van der Waals surface area contributed by atoms with E-state index in [9.17, 15) is 0 Å². The van der Waals surface area contributed by atoms with E-state index >= 15 is 0 Å². The van der Waals surface area contributed by atoms with Gasteiger partial charge in [-0.25, -0.2) is 4.98 Å². The van der Waals surface area contributed by atoms with Crippen molar-refractivity contribution >= 4 is 11.6 Å². The zero-order chi connectivity index (χ0) is 13.5. The number of pyridine rings is 1. The van der Waals surface area contributed by atoms with Crippen molar-refractivity contribution in [3.8, 4) is 11.6 Å². The van der Waals surface area contributed by atoms with Crippen molar-refractivity contribution in [3.63, 3.8) is 0 Å². The van der Waals surface area contributed by atoms with Crippen LogP contribution in [0, 0.1) is 0 Å². The van der Waals surface area contributed by atoms with Crippen LogP contribution in [-0.2, 0) is 6.54 Å². The number of hydrogen-bond acceptors (Lipinski definition) is 3. The second-order valence-electron chi connectivity index (χ2n) is 4.24. The minimum absolute atomic E-state index is 0.595. The zero-order valence-corrected chi connectivity index (χ0v) is 11.7. The van der Waals surface area contributed by atoms with Crippen LogP contribution in [0.15, 0.2) is 42.6 Å². The van der Waals surface area contributed by atoms with E-state index in [1.165, 1.54) is 0 Å². The van der Waals surface area contributed by atoms with Crippen molar-refractivity contribution in [2.24, 2.45) is 0 Å². The Morgan fingerprint density at radius 2 is 2.00 bits per heavy atom. The maximum absolute atomic E-state index is 5.83. The fourth-order valence-corrected chi connectivity index (χ4v) is 1.78. The highest BCUT2D eigenvalue weighted by molar-refractivity contribution is 6.30. The van der Waals surface area contributed by atoms with E-state index in [0.29, 0.717) is 10.9 Å². The maximum Gasteiger partial charge on any atom is 0.219 e. The number of rotatable bonds is 6. The SMILES string of the molecule is CCCNCc1ccnc(Oc2ccc(Cl)cc2)c1. The second-order valence-corrected chi connectivity index (χ2v) is 4.67. The van der Waals surface area contributed by atoms with E-state index in [-0.39, 0.29) is 0 Å². The van der Waals surface area contributed by atoms with Crippen molar-refractivity contribution in [1.82, 2.24) is 10.3 Å². The van der Waals surface area contributed by atoms with E-state index in [0.717, 1.165) is 30.8 Å². The summed E-state index contributed by atoms with van der Waals surface area (Å²) in [4.78, 5) is 4.20. The molecule has 0 radical (unpaired) electrons. The molecule has 0 fully saturated rings. The summed E-state index contributed by atoms with van der Waals surface area (Å²) in [7, 11) is 0. The molecule has 1 aromatic carbocycles. The molecule has 1 aromatic heterocycles. The van der Waals surface area contributed by atoms with Crippen LogP contribution in [0.25, 0.3) is 0 Å². The number of nitrogens with zero attached hydrogens (tertiary/aromatic N) is 1. The van der Waals surface area contributed by atoms with E-state index in [1.54, 1.807) is 18.3 Å². The molecular weight excluding hydrogens is 260 g/mol. The van der Waals surface area contributed by atoms with E-state index < -0.39 is 0 Å². The summed E-state index contributed by atoms with van der Waals surface area (Å²) in [6.45, 7) is 3.98. The lowest BCUT2D eigenvalue weighted by molar-refractivity contribution is 0.461. The Labute approximate surface area is 118 Å². The molecule has 0 spiro atoms. The Bertz CT molecular complexity index is 514. The predicted octanol–water partition coefficient (Wildman–Crippen LogP) is 4.03. The van der Waals surface area contributed by atoms with Crippen molar-refractivity contribution < 1.29 is 4.74 Å². The van der Waals surface area contributed by atoms with Crippen molar-refractivity contribution in [3.05, 3.63) is 53.2 Å². The molecule has 0 aliphatic carbocycles. The summed E-state index contributed by atoms with van der Waals surface area (Å²) in [6, 6.07) is 11.2. The number of aromatic nitrogens is 1. The Morgan fingerprint density at radius 1 is 1.21 bits per heavy atom. The number of nitrogens with one attached hydrogen (secondary N) is 1. The average molecular weight is 277 g/mol. The Hall–Kier alpha value is -1.58. The van der Waals surface area contributed by atoms with Crippen molar-refractivity contribution in [1.29, 1.82) is 0 Å². The van der Waals surface area contributed by atoms with Gasteiger partial charge in [0.2, 0.25) is 5.88 Å². The number of benzene rings is 1. The Balaban J connectivity index is 2.00. The first-order chi connectivity index (χ1) is 9.28. The molecule has 0 atom stereocenters. The number of ether oxygens (including phenoxy) is 1. The normalized spacial score (nSPS) is 10.4. The highest BCUT2D eigenvalue weighted by Gasteiger charge is 2.00. The van der Waals surface area contributed by atoms with Gasteiger partial charge in [-0.15, -0.1) is 0 Å². The summed E-state index contributed by atoms with van der Waals surface area (Å²) in [5.74, 6) is 1.33. The van der Waals surface area contributed by atoms with Crippen LogP contribution in [0.4, 0.5) is 0 Å². The highest BCUT2D eigenvalue weighted by Crippen LogP contribution is 2.21. The van der Waals surface area contributed by atoms with Gasteiger partial charge in [0, 0.05) is 23.8 Å². The molecule has 2 rings (SSSR count). The first-order valence-electron chi connectivity index (χ1n) is 6.37. The standard InChI is InChI=1S/C15H17ClN2O/c1-2-8-17-11-12-7-9-18-15(10-12)19-14-5-3-13(16)4-6-14/h3-7,9-10,17H,2,8,11H2,1H3. The molecule has 1 heterocycles. The summed E-state index contributed by atoms with van der Waals surface area (Å²) >= 11 is 5.83. The second kappa shape index (κ2) is 7.12. The molecule has 0 unspecified atom stereocenters. The topological polar surface area (TPSA) is 34.2 Å². The first-order valence-corrected chi connectivity index (χ1v) is 6.75. The number of hydrogen-bond donors (Lipinski definition) is 1. The molecule has 3 nitrogen and oxygen atoms in total. The van der Waals surface area contributed by atoms with Crippen molar-refractivity contribution in [2.75, 3.05) is 6.54 Å². The molecular formula is C15H17ClN2O. The molecule has 1 N–H and O–H groups in total. The largest absolute Gasteiger partial charge is 0.439 e. The van der Waals surface area contributed by atoms with Gasteiger partial charge >= 0.3 is 0 Å². The molecule has 0 bridgehead atoms. The molecule has 0 amide bonds. The zero-order valence-electron chi connectivity index (χ0n) is 10.9. The van der Waals surface area contributed by atoms with E-state index in [2.05, 4.69) is 17.2 Å². The smallest absolute Gasteiger partial charge is 0.219 e. The maximum atomic E-state index is 5.83. The van der Waals surface area contributed by atoms with Crippen LogP contribution in [0.5, 0.6) is 11.6 Å². The first kappa shape index (κ1) is 13.8. The van der Waals surface area contributed by atoms with Gasteiger partial charge in [-0.3, -0.25) is 0 Å². The van der Waals surface area contributed by atoms with Gasteiger partial charge in [0.05, 0.1) is 0 Å². The summed E-state index contributed by atoms with van der Waals surface area (Å²) in [6.07, 6.45) is 2.88. The van der Waals surface area contributed by atoms with E-state index in [4.69, 9.17) is 16.3 Å². The van der Waals surface area contributed by atoms with Gasteiger partial charge in [0.25, 0.3) is 0 Å². The quantitative estimate of drug-likeness (QED) is 0.809. The third kappa shape index (κ3) is 4.54. The molecule has 4 heteroatoms. The lowest BCUT2D eigenvalue weighted by Crippen LogP contribution is -2.13. The highest BCUT2D eigenvalue weighted by atomic mass is 35.5. The van der Waals surface area contributed by atoms with Gasteiger partial charge in [0.15, 0.2) is 0 Å². The monoisotopic (exact) mass is 276 g/mol. The van der Waals surface area contributed by atoms with Gasteiger partial charge < -0.3 is 10.1 Å². The van der Waals surface area contributed by atoms with Crippen LogP contribution in [0.3, 0.4) is 0 Å². The summed E-state index contributed by atoms with van der Waals surface area (Å²) in [5, 5.41) is 4.04. The molecule has 0 saturated heterocycles. The third-order valence-corrected chi connectivity index (χ3v) is 2.84. The average Bonchev–Trinajstić information content (AvgIpc) is 2.42. The lowest BCUT2D eigenvalue weighted by atomic mass is 10.2. The fourth-order valence-electron chi connectivity index (χ4n) is 1.65. The summed E-state index contributed by atoms with van der Waals surface area (Å²) in [5.41, 5.74) is 1.16. The predicted molar refractivity (Wildman–Crippen MR) is 77.8 cm³/mol. The van der Waals surface area contributed by atoms with Crippen LogP contribution in [0.1, 0.15) is 18.9 Å². The minimum Gasteiger partial charge on any atom is -0.439 e. The fraction of sp³-hybridized carbons (Fsp3) is 0.267. The van der Waals surface area contributed by atoms with Gasteiger partial charge in [-0.2, -0.15) is 0 Å². The van der Waals surface area contributed by atoms with Gasteiger partial charge in [0.1, 0.15) is 5.75 Å². The summed E-state index contributed by atoms with van der Waals surface area (Å²) < 4.78 is 5.68. The lowest BCUT2D eigenvalue weighted by Gasteiger charge is -2.07. The van der Waals surface area contributed by atoms with Crippen LogP contribution in [0.2, 0.25) is 5.02 Å². The van der Waals surface area contributed by atoms with Gasteiger partial charge in [-0.05, 0) is 48.9 Å². The van der Waals surface area contributed by atoms with Crippen molar-refractivity contribution in [2.45, 2.75) is 19.9 Å². The van der Waals surface area contributed by atoms with Crippen LogP contribution < -0.4 is 10.1 Å². The molecule has 2 aromatic rings. The molecule has 0 aliphatic heterocycles. The number of halogens is 1. The van der Waals surface area contributed by atoms with Gasteiger partial charge in [-0.1, -0.05) is 18.5 Å². The molecule has 0 aliphatic rings. The van der Waals surface area contributed by atoms with E-state index in [1.807, 2.05) is 24.3 Å². The van der Waals surface area contributed by atoms with Crippen LogP contribution >= 0.6 is 11.6 Å². The van der Waals surface area contributed by atoms with Crippen LogP contribution in [-0.4, -0.2) is 11.5 Å². The molecule has 0 saturated carbocycles. The third-order valence-electron chi connectivity index (χ3n) is 2.59. The molecule has 19 heavy (non-hydrogen) atoms. The Morgan fingerprint density at radius 3 is 2.74 bits per heavy atom. The Kier molecular flexibility index (Phi) is 5.19. The minimum atomic E-state index is 0.595. The molecule has 100 valence electrons.